The Labute approximate surface area is 137 Å². The molecule has 0 unspecified atom stereocenters. The highest BCUT2D eigenvalue weighted by atomic mass is 19.1. The molecule has 0 saturated carbocycles. The van der Waals surface area contributed by atoms with Gasteiger partial charge in [0.05, 0.1) is 6.10 Å². The summed E-state index contributed by atoms with van der Waals surface area (Å²) in [6, 6.07) is 16.6. The van der Waals surface area contributed by atoms with E-state index < -0.39 is 6.10 Å². The summed E-state index contributed by atoms with van der Waals surface area (Å²) < 4.78 is 13.5. The molecule has 2 aromatic rings. The van der Waals surface area contributed by atoms with Gasteiger partial charge in [-0.3, -0.25) is 4.90 Å². The number of aliphatic hydroxyl groups is 1. The van der Waals surface area contributed by atoms with Gasteiger partial charge in [0.2, 0.25) is 0 Å². The molecule has 0 radical (unpaired) electrons. The Bertz CT molecular complexity index is 656. The van der Waals surface area contributed by atoms with Crippen LogP contribution in [0.15, 0.2) is 54.6 Å². The zero-order valence-electron chi connectivity index (χ0n) is 13.7. The van der Waals surface area contributed by atoms with Gasteiger partial charge in [0.1, 0.15) is 5.82 Å². The summed E-state index contributed by atoms with van der Waals surface area (Å²) in [4.78, 5) is 2.36. The molecular weight excluding hydrogens is 289 g/mol. The molecule has 3 heteroatoms. The van der Waals surface area contributed by atoms with Crippen molar-refractivity contribution in [3.63, 3.8) is 0 Å². The Kier molecular flexibility index (Phi) is 4.51. The third-order valence-corrected chi connectivity index (χ3v) is 4.98. The fourth-order valence-electron chi connectivity index (χ4n) is 3.60. The zero-order valence-corrected chi connectivity index (χ0v) is 13.7. The molecule has 1 fully saturated rings. The van der Waals surface area contributed by atoms with Gasteiger partial charge in [-0.05, 0) is 49.9 Å². The normalized spacial score (nSPS) is 22.2. The Morgan fingerprint density at radius 2 is 1.91 bits per heavy atom. The van der Waals surface area contributed by atoms with E-state index in [1.807, 2.05) is 18.2 Å². The first-order valence-corrected chi connectivity index (χ1v) is 8.21. The predicted octanol–water partition coefficient (Wildman–Crippen LogP) is 4.30. The first-order chi connectivity index (χ1) is 11.0. The molecule has 3 rings (SSSR count). The van der Waals surface area contributed by atoms with Crippen LogP contribution < -0.4 is 0 Å². The maximum absolute atomic E-state index is 13.5. The van der Waals surface area contributed by atoms with Gasteiger partial charge >= 0.3 is 0 Å². The van der Waals surface area contributed by atoms with Crippen LogP contribution in [0.2, 0.25) is 0 Å². The van der Waals surface area contributed by atoms with E-state index in [0.29, 0.717) is 5.56 Å². The maximum atomic E-state index is 13.5. The zero-order chi connectivity index (χ0) is 16.4. The second kappa shape index (κ2) is 6.42. The third kappa shape index (κ3) is 3.46. The van der Waals surface area contributed by atoms with Crippen LogP contribution in [0.25, 0.3) is 0 Å². The molecule has 23 heavy (non-hydrogen) atoms. The summed E-state index contributed by atoms with van der Waals surface area (Å²) in [6.07, 6.45) is 1.27. The minimum absolute atomic E-state index is 0.00649. The Balaban J connectivity index is 1.85. The minimum atomic E-state index is -0.670. The van der Waals surface area contributed by atoms with Gasteiger partial charge in [-0.2, -0.15) is 0 Å². The Morgan fingerprint density at radius 1 is 1.17 bits per heavy atom. The number of rotatable bonds is 4. The lowest BCUT2D eigenvalue weighted by Crippen LogP contribution is -2.44. The number of nitrogens with zero attached hydrogens (tertiary/aromatic N) is 1. The van der Waals surface area contributed by atoms with Gasteiger partial charge in [-0.15, -0.1) is 0 Å². The summed E-state index contributed by atoms with van der Waals surface area (Å²) in [7, 11) is 0. The molecule has 2 aromatic carbocycles. The molecule has 0 aromatic heterocycles. The molecule has 0 bridgehead atoms. The van der Waals surface area contributed by atoms with Crippen molar-refractivity contribution in [2.45, 2.75) is 50.9 Å². The van der Waals surface area contributed by atoms with E-state index in [-0.39, 0.29) is 17.4 Å². The summed E-state index contributed by atoms with van der Waals surface area (Å²) in [5, 5.41) is 10.8. The van der Waals surface area contributed by atoms with Crippen LogP contribution in [0.1, 0.15) is 43.9 Å². The third-order valence-electron chi connectivity index (χ3n) is 4.98. The van der Waals surface area contributed by atoms with Crippen molar-refractivity contribution in [3.05, 3.63) is 71.5 Å². The lowest BCUT2D eigenvalue weighted by molar-refractivity contribution is 0.0275. The number of hydrogen-bond donors (Lipinski definition) is 1. The smallest absolute Gasteiger partial charge is 0.123 e. The molecule has 122 valence electrons. The summed E-state index contributed by atoms with van der Waals surface area (Å²) >= 11 is 0. The maximum Gasteiger partial charge on any atom is 0.123 e. The Morgan fingerprint density at radius 3 is 2.61 bits per heavy atom. The lowest BCUT2D eigenvalue weighted by Gasteiger charge is -2.38. The average Bonchev–Trinajstić information content (AvgIpc) is 2.83. The molecule has 0 amide bonds. The summed E-state index contributed by atoms with van der Waals surface area (Å²) in [6.45, 7) is 5.23. The van der Waals surface area contributed by atoms with Crippen LogP contribution in [0, 0.1) is 5.82 Å². The number of benzene rings is 2. The quantitative estimate of drug-likeness (QED) is 0.909. The monoisotopic (exact) mass is 313 g/mol. The van der Waals surface area contributed by atoms with Crippen molar-refractivity contribution in [2.24, 2.45) is 0 Å². The number of likely N-dealkylation sites (tertiary alicyclic amines) is 1. The average molecular weight is 313 g/mol. The van der Waals surface area contributed by atoms with Crippen molar-refractivity contribution < 1.29 is 9.50 Å². The van der Waals surface area contributed by atoms with Crippen molar-refractivity contribution in [1.29, 1.82) is 0 Å². The van der Waals surface area contributed by atoms with Crippen LogP contribution in [0.5, 0.6) is 0 Å². The molecule has 1 saturated heterocycles. The molecule has 0 spiro atoms. The largest absolute Gasteiger partial charge is 0.387 e. The number of hydrogen-bond acceptors (Lipinski definition) is 2. The van der Waals surface area contributed by atoms with Crippen LogP contribution >= 0.6 is 0 Å². The van der Waals surface area contributed by atoms with Crippen molar-refractivity contribution >= 4 is 0 Å². The SMILES string of the molecule is CC1(C)CC[C@H]([C@H](O)c2cccc(F)c2)N1Cc1ccccc1. The molecule has 1 heterocycles. The lowest BCUT2D eigenvalue weighted by atomic mass is 10.00. The molecule has 1 aliphatic rings. The number of aliphatic hydroxyl groups excluding tert-OH is 1. The van der Waals surface area contributed by atoms with E-state index in [4.69, 9.17) is 0 Å². The summed E-state index contributed by atoms with van der Waals surface area (Å²) in [5.74, 6) is -0.298. The van der Waals surface area contributed by atoms with Crippen molar-refractivity contribution in [2.75, 3.05) is 0 Å². The fraction of sp³-hybridized carbons (Fsp3) is 0.400. The van der Waals surface area contributed by atoms with Gasteiger partial charge in [0.15, 0.2) is 0 Å². The van der Waals surface area contributed by atoms with E-state index in [2.05, 4.69) is 30.9 Å². The Hall–Kier alpha value is -1.71. The van der Waals surface area contributed by atoms with Crippen molar-refractivity contribution in [3.8, 4) is 0 Å². The van der Waals surface area contributed by atoms with Crippen LogP contribution in [0.3, 0.4) is 0 Å². The second-order valence-electron chi connectivity index (χ2n) is 7.03. The molecule has 1 N–H and O–H groups in total. The highest BCUT2D eigenvalue weighted by molar-refractivity contribution is 5.22. The van der Waals surface area contributed by atoms with Gasteiger partial charge < -0.3 is 5.11 Å². The van der Waals surface area contributed by atoms with Crippen LogP contribution in [0.4, 0.5) is 4.39 Å². The molecule has 2 atom stereocenters. The number of halogens is 1. The van der Waals surface area contributed by atoms with Gasteiger partial charge in [0.25, 0.3) is 0 Å². The highest BCUT2D eigenvalue weighted by Crippen LogP contribution is 2.40. The van der Waals surface area contributed by atoms with E-state index in [9.17, 15) is 9.50 Å². The summed E-state index contributed by atoms with van der Waals surface area (Å²) in [5.41, 5.74) is 1.92. The topological polar surface area (TPSA) is 23.5 Å². The van der Waals surface area contributed by atoms with Gasteiger partial charge in [-0.25, -0.2) is 4.39 Å². The van der Waals surface area contributed by atoms with E-state index >= 15 is 0 Å². The van der Waals surface area contributed by atoms with Gasteiger partial charge in [-0.1, -0.05) is 42.5 Å². The standard InChI is InChI=1S/C20H24FNO/c1-20(2)12-11-18(19(23)16-9-6-10-17(21)13-16)22(20)14-15-7-4-3-5-8-15/h3-10,13,18-19,23H,11-12,14H2,1-2H3/t18-,19-/m1/s1. The fourth-order valence-corrected chi connectivity index (χ4v) is 3.60. The van der Waals surface area contributed by atoms with E-state index in [1.165, 1.54) is 17.7 Å². The van der Waals surface area contributed by atoms with Crippen LogP contribution in [-0.2, 0) is 6.54 Å². The molecule has 0 aliphatic carbocycles. The van der Waals surface area contributed by atoms with Crippen LogP contribution in [-0.4, -0.2) is 21.6 Å². The first kappa shape index (κ1) is 16.2. The minimum Gasteiger partial charge on any atom is -0.387 e. The van der Waals surface area contributed by atoms with E-state index in [0.717, 1.165) is 19.4 Å². The highest BCUT2D eigenvalue weighted by Gasteiger charge is 2.42. The predicted molar refractivity (Wildman–Crippen MR) is 90.4 cm³/mol. The first-order valence-electron chi connectivity index (χ1n) is 8.21. The van der Waals surface area contributed by atoms with Gasteiger partial charge in [0, 0.05) is 18.1 Å². The molecular formula is C20H24FNO. The molecule has 2 nitrogen and oxygen atoms in total. The van der Waals surface area contributed by atoms with E-state index in [1.54, 1.807) is 12.1 Å². The second-order valence-corrected chi connectivity index (χ2v) is 7.03. The van der Waals surface area contributed by atoms with Crippen molar-refractivity contribution in [1.82, 2.24) is 4.90 Å². The molecule has 1 aliphatic heterocycles.